The van der Waals surface area contributed by atoms with E-state index in [1.54, 1.807) is 12.1 Å². The second kappa shape index (κ2) is 12.2. The van der Waals surface area contributed by atoms with Crippen molar-refractivity contribution in [1.29, 1.82) is 0 Å². The van der Waals surface area contributed by atoms with Crippen LogP contribution < -0.4 is 10.2 Å². The third-order valence-corrected chi connectivity index (χ3v) is 6.52. The Bertz CT molecular complexity index is 1200. The molecule has 0 saturated heterocycles. The van der Waals surface area contributed by atoms with E-state index in [1.807, 2.05) is 55.4 Å². The van der Waals surface area contributed by atoms with E-state index in [0.29, 0.717) is 12.1 Å². The van der Waals surface area contributed by atoms with Crippen molar-refractivity contribution in [3.8, 4) is 0 Å². The highest BCUT2D eigenvalue weighted by Gasteiger charge is 2.35. The van der Waals surface area contributed by atoms with Gasteiger partial charge in [-0.3, -0.25) is 5.32 Å². The number of ether oxygens (including phenoxy) is 1. The van der Waals surface area contributed by atoms with Crippen molar-refractivity contribution in [2.45, 2.75) is 12.5 Å². The summed E-state index contributed by atoms with van der Waals surface area (Å²) in [5.74, 6) is -0.325. The van der Waals surface area contributed by atoms with Crippen molar-refractivity contribution in [1.82, 2.24) is 5.32 Å². The molecule has 0 amide bonds. The standard InChI is InChI=1S/C33H34N2O2/c1-26(23-24-37-32(36)27-19-21-31(22-20-27)35(2)3)25-34-33(28-13-7-4-8-14-28,29-15-9-5-10-16-29)30-17-11-6-12-18-30/h4-23,34H,24-25H2,1-3H3/b26-23+. The Labute approximate surface area is 220 Å². The lowest BCUT2D eigenvalue weighted by Gasteiger charge is -2.37. The van der Waals surface area contributed by atoms with E-state index in [4.69, 9.17) is 4.74 Å². The third kappa shape index (κ3) is 6.16. The molecule has 188 valence electrons. The topological polar surface area (TPSA) is 41.6 Å². The smallest absolute Gasteiger partial charge is 0.338 e. The van der Waals surface area contributed by atoms with Crippen molar-refractivity contribution in [2.24, 2.45) is 0 Å². The van der Waals surface area contributed by atoms with Crippen LogP contribution in [0.2, 0.25) is 0 Å². The zero-order valence-electron chi connectivity index (χ0n) is 21.7. The molecule has 0 spiro atoms. The number of carbonyl (C=O) groups is 1. The molecule has 0 aliphatic heterocycles. The van der Waals surface area contributed by atoms with Crippen molar-refractivity contribution in [3.63, 3.8) is 0 Å². The van der Waals surface area contributed by atoms with Gasteiger partial charge < -0.3 is 9.64 Å². The molecule has 1 N–H and O–H groups in total. The first kappa shape index (κ1) is 25.9. The Hall–Kier alpha value is -4.15. The first-order valence-corrected chi connectivity index (χ1v) is 12.5. The van der Waals surface area contributed by atoms with E-state index in [9.17, 15) is 4.79 Å². The monoisotopic (exact) mass is 490 g/mol. The van der Waals surface area contributed by atoms with Gasteiger partial charge in [-0.25, -0.2) is 4.79 Å². The minimum Gasteiger partial charge on any atom is -0.458 e. The average Bonchev–Trinajstić information content (AvgIpc) is 2.95. The van der Waals surface area contributed by atoms with E-state index in [1.165, 1.54) is 0 Å². The number of nitrogens with one attached hydrogen (secondary N) is 1. The molecule has 0 aliphatic rings. The SMILES string of the molecule is C/C(=C\COC(=O)c1ccc(N(C)C)cc1)CNC(c1ccccc1)(c1ccccc1)c1ccccc1. The molecule has 0 atom stereocenters. The molecule has 4 aromatic rings. The molecule has 4 rings (SSSR count). The Kier molecular flexibility index (Phi) is 8.55. The molecule has 4 heteroatoms. The first-order chi connectivity index (χ1) is 18.0. The Balaban J connectivity index is 1.53. The van der Waals surface area contributed by atoms with Gasteiger partial charge >= 0.3 is 5.97 Å². The van der Waals surface area contributed by atoms with Crippen LogP contribution in [0.1, 0.15) is 34.0 Å². The summed E-state index contributed by atoms with van der Waals surface area (Å²) in [6, 6.07) is 39.0. The summed E-state index contributed by atoms with van der Waals surface area (Å²) in [4.78, 5) is 14.5. The minimum atomic E-state index is -0.538. The highest BCUT2D eigenvalue weighted by molar-refractivity contribution is 5.89. The Morgan fingerprint density at radius 3 is 1.65 bits per heavy atom. The van der Waals surface area contributed by atoms with Gasteiger partial charge in [-0.05, 0) is 54.0 Å². The van der Waals surface area contributed by atoms with Crippen LogP contribution in [-0.4, -0.2) is 33.2 Å². The maximum Gasteiger partial charge on any atom is 0.338 e. The summed E-state index contributed by atoms with van der Waals surface area (Å²) < 4.78 is 5.53. The fourth-order valence-corrected chi connectivity index (χ4v) is 4.45. The number of esters is 1. The number of nitrogens with zero attached hydrogens (tertiary/aromatic N) is 1. The second-order valence-electron chi connectivity index (χ2n) is 9.29. The van der Waals surface area contributed by atoms with Gasteiger partial charge in [-0.2, -0.15) is 0 Å². The van der Waals surface area contributed by atoms with Gasteiger partial charge in [0.25, 0.3) is 0 Å². The number of anilines is 1. The zero-order chi connectivity index (χ0) is 26.1. The summed E-state index contributed by atoms with van der Waals surface area (Å²) in [7, 11) is 3.94. The van der Waals surface area contributed by atoms with Gasteiger partial charge in [-0.15, -0.1) is 0 Å². The van der Waals surface area contributed by atoms with E-state index in [-0.39, 0.29) is 12.6 Å². The van der Waals surface area contributed by atoms with Gasteiger partial charge in [0.2, 0.25) is 0 Å². The fraction of sp³-hybridized carbons (Fsp3) is 0.182. The van der Waals surface area contributed by atoms with E-state index in [0.717, 1.165) is 28.0 Å². The molecule has 0 saturated carbocycles. The number of carbonyl (C=O) groups excluding carboxylic acids is 1. The van der Waals surface area contributed by atoms with Gasteiger partial charge in [0.05, 0.1) is 11.1 Å². The predicted octanol–water partition coefficient (Wildman–Crippen LogP) is 6.44. The normalized spacial score (nSPS) is 11.7. The predicted molar refractivity (Wildman–Crippen MR) is 152 cm³/mol. The third-order valence-electron chi connectivity index (χ3n) is 6.52. The summed E-state index contributed by atoms with van der Waals surface area (Å²) in [5, 5.41) is 3.86. The van der Waals surface area contributed by atoms with E-state index < -0.39 is 5.54 Å². The minimum absolute atomic E-state index is 0.219. The van der Waals surface area contributed by atoms with Gasteiger partial charge in [0.15, 0.2) is 0 Å². The summed E-state index contributed by atoms with van der Waals surface area (Å²) in [6.45, 7) is 2.89. The largest absolute Gasteiger partial charge is 0.458 e. The molecule has 0 aromatic heterocycles. The lowest BCUT2D eigenvalue weighted by atomic mass is 9.77. The van der Waals surface area contributed by atoms with Crippen molar-refractivity contribution >= 4 is 11.7 Å². The van der Waals surface area contributed by atoms with Crippen LogP contribution in [0.4, 0.5) is 5.69 Å². The molecular formula is C33H34N2O2. The zero-order valence-corrected chi connectivity index (χ0v) is 21.7. The lowest BCUT2D eigenvalue weighted by Crippen LogP contribution is -2.45. The Morgan fingerprint density at radius 2 is 1.22 bits per heavy atom. The number of benzene rings is 4. The highest BCUT2D eigenvalue weighted by Crippen LogP contribution is 2.36. The fourth-order valence-electron chi connectivity index (χ4n) is 4.45. The van der Waals surface area contributed by atoms with Gasteiger partial charge in [0, 0.05) is 26.3 Å². The van der Waals surface area contributed by atoms with E-state index in [2.05, 4.69) is 85.0 Å². The molecular weight excluding hydrogens is 456 g/mol. The molecule has 0 fully saturated rings. The second-order valence-corrected chi connectivity index (χ2v) is 9.29. The van der Waals surface area contributed by atoms with Gasteiger partial charge in [0.1, 0.15) is 6.61 Å². The van der Waals surface area contributed by atoms with Crippen molar-refractivity contribution < 1.29 is 9.53 Å². The lowest BCUT2D eigenvalue weighted by molar-refractivity contribution is 0.0549. The number of hydrogen-bond acceptors (Lipinski definition) is 4. The average molecular weight is 491 g/mol. The Morgan fingerprint density at radius 1 is 0.757 bits per heavy atom. The highest BCUT2D eigenvalue weighted by atomic mass is 16.5. The van der Waals surface area contributed by atoms with Crippen molar-refractivity contribution in [3.05, 3.63) is 149 Å². The maximum absolute atomic E-state index is 12.5. The molecule has 37 heavy (non-hydrogen) atoms. The molecule has 4 aromatic carbocycles. The van der Waals surface area contributed by atoms with Gasteiger partial charge in [-0.1, -0.05) is 96.6 Å². The quantitative estimate of drug-likeness (QED) is 0.158. The number of hydrogen-bond donors (Lipinski definition) is 1. The molecule has 4 nitrogen and oxygen atoms in total. The van der Waals surface area contributed by atoms with Crippen LogP contribution in [0, 0.1) is 0 Å². The van der Waals surface area contributed by atoms with Crippen molar-refractivity contribution in [2.75, 3.05) is 32.1 Å². The maximum atomic E-state index is 12.5. The van der Waals surface area contributed by atoms with Crippen LogP contribution in [-0.2, 0) is 10.3 Å². The summed E-state index contributed by atoms with van der Waals surface area (Å²) in [5.41, 5.74) is 5.61. The van der Waals surface area contributed by atoms with Crippen LogP contribution in [0.5, 0.6) is 0 Å². The summed E-state index contributed by atoms with van der Waals surface area (Å²) >= 11 is 0. The molecule has 0 heterocycles. The van der Waals surface area contributed by atoms with Crippen LogP contribution in [0.25, 0.3) is 0 Å². The van der Waals surface area contributed by atoms with Crippen LogP contribution in [0.15, 0.2) is 127 Å². The molecule has 0 aliphatic carbocycles. The first-order valence-electron chi connectivity index (χ1n) is 12.5. The molecule has 0 bridgehead atoms. The summed E-state index contributed by atoms with van der Waals surface area (Å²) in [6.07, 6.45) is 1.96. The number of rotatable bonds is 10. The molecule has 0 unspecified atom stereocenters. The molecule has 0 radical (unpaired) electrons. The van der Waals surface area contributed by atoms with Crippen LogP contribution >= 0.6 is 0 Å². The van der Waals surface area contributed by atoms with Crippen LogP contribution in [0.3, 0.4) is 0 Å². The van der Waals surface area contributed by atoms with E-state index >= 15 is 0 Å².